The Kier molecular flexibility index (Phi) is 3.70. The van der Waals surface area contributed by atoms with E-state index < -0.39 is 19.8 Å². The van der Waals surface area contributed by atoms with Crippen molar-refractivity contribution in [1.29, 1.82) is 0 Å². The number of hydrogen-bond donors (Lipinski definition) is 3. The molecule has 6 nitrogen and oxygen atoms in total. The number of hydrogen-bond acceptors (Lipinski definition) is 3. The molecule has 0 atom stereocenters. The van der Waals surface area contributed by atoms with Gasteiger partial charge in [-0.05, 0) is 18.2 Å². The highest BCUT2D eigenvalue weighted by molar-refractivity contribution is 7.51. The van der Waals surface area contributed by atoms with Crippen LogP contribution in [-0.2, 0) is 4.57 Å². The first kappa shape index (κ1) is 12.7. The van der Waals surface area contributed by atoms with Gasteiger partial charge in [0.05, 0.1) is 0 Å². The van der Waals surface area contributed by atoms with Gasteiger partial charge in [0, 0.05) is 18.3 Å². The molecule has 0 spiro atoms. The molecule has 1 amide bonds. The lowest BCUT2D eigenvalue weighted by molar-refractivity contribution is 0.0809. The summed E-state index contributed by atoms with van der Waals surface area (Å²) in [5, 5.41) is 0. The molecule has 1 rings (SSSR count). The Hall–Kier alpha value is -1.36. The average molecular weight is 244 g/mol. The molecule has 0 aliphatic heterocycles. The molecule has 0 fully saturated rings. The lowest BCUT2D eigenvalue weighted by Crippen LogP contribution is -2.27. The summed E-state index contributed by atoms with van der Waals surface area (Å²) in [6, 6.07) is 6.22. The van der Waals surface area contributed by atoms with Crippen LogP contribution in [0.15, 0.2) is 24.3 Å². The van der Waals surface area contributed by atoms with Crippen LogP contribution in [0.1, 0.15) is 10.4 Å². The highest BCUT2D eigenvalue weighted by Gasteiger charge is 2.21. The van der Waals surface area contributed by atoms with Gasteiger partial charge in [-0.1, -0.05) is 6.07 Å². The lowest BCUT2D eigenvalue weighted by atomic mass is 10.2. The van der Waals surface area contributed by atoms with Crippen molar-refractivity contribution in [2.45, 2.75) is 0 Å². The number of anilines is 1. The zero-order valence-electron chi connectivity index (χ0n) is 8.70. The summed E-state index contributed by atoms with van der Waals surface area (Å²) in [4.78, 5) is 30.1. The van der Waals surface area contributed by atoms with Crippen LogP contribution in [0.5, 0.6) is 0 Å². The van der Waals surface area contributed by atoms with Crippen molar-refractivity contribution in [3.63, 3.8) is 0 Å². The molecule has 0 aromatic heterocycles. The zero-order valence-corrected chi connectivity index (χ0v) is 9.59. The number of nitrogens with two attached hydrogens (primary N) is 1. The molecule has 16 heavy (non-hydrogen) atoms. The van der Waals surface area contributed by atoms with Crippen LogP contribution >= 0.6 is 7.60 Å². The van der Waals surface area contributed by atoms with Crippen LogP contribution < -0.4 is 5.73 Å². The highest BCUT2D eigenvalue weighted by atomic mass is 31.2. The van der Waals surface area contributed by atoms with Gasteiger partial charge in [0.2, 0.25) is 0 Å². The molecule has 88 valence electrons. The second-order valence-electron chi connectivity index (χ2n) is 3.43. The highest BCUT2D eigenvalue weighted by Crippen LogP contribution is 2.34. The van der Waals surface area contributed by atoms with Gasteiger partial charge in [0.15, 0.2) is 0 Å². The van der Waals surface area contributed by atoms with Gasteiger partial charge in [-0.2, -0.15) is 0 Å². The van der Waals surface area contributed by atoms with Crippen molar-refractivity contribution in [1.82, 2.24) is 4.90 Å². The monoisotopic (exact) mass is 244 g/mol. The summed E-state index contributed by atoms with van der Waals surface area (Å²) in [5.74, 6) is -0.476. The fraction of sp³-hybridized carbons (Fsp3) is 0.222. The minimum absolute atomic E-state index is 0.302. The fourth-order valence-corrected chi connectivity index (χ4v) is 1.91. The van der Waals surface area contributed by atoms with E-state index in [-0.39, 0.29) is 0 Å². The molecule has 0 saturated heterocycles. The Labute approximate surface area is 92.8 Å². The molecular weight excluding hydrogens is 231 g/mol. The number of carbonyl (C=O) groups is 1. The number of nitrogens with zero attached hydrogens (tertiary/aromatic N) is 1. The quantitative estimate of drug-likeness (QED) is 0.529. The number of amides is 1. The first-order chi connectivity index (χ1) is 7.29. The predicted molar refractivity (Wildman–Crippen MR) is 59.9 cm³/mol. The zero-order chi connectivity index (χ0) is 12.3. The third-order valence-electron chi connectivity index (χ3n) is 1.88. The third-order valence-corrected chi connectivity index (χ3v) is 2.67. The number of nitrogen functional groups attached to an aromatic ring is 1. The standard InChI is InChI=1S/C9H13N2O4P/c1-11(6-16(13,14)15)9(12)7-3-2-4-8(10)5-7/h2-5H,6,10H2,1H3,(H2,13,14,15). The van der Waals surface area contributed by atoms with E-state index in [1.54, 1.807) is 12.1 Å². The van der Waals surface area contributed by atoms with E-state index in [9.17, 15) is 9.36 Å². The minimum atomic E-state index is -4.23. The predicted octanol–water partition coefficient (Wildman–Crippen LogP) is 0.476. The van der Waals surface area contributed by atoms with Crippen molar-refractivity contribution in [2.75, 3.05) is 19.1 Å². The van der Waals surface area contributed by atoms with Crippen molar-refractivity contribution in [3.8, 4) is 0 Å². The molecule has 0 radical (unpaired) electrons. The Morgan fingerprint density at radius 3 is 2.62 bits per heavy atom. The third kappa shape index (κ3) is 3.66. The summed E-state index contributed by atoms with van der Waals surface area (Å²) in [7, 11) is -2.91. The maximum atomic E-state index is 11.7. The second kappa shape index (κ2) is 4.65. The first-order valence-electron chi connectivity index (χ1n) is 4.45. The topological polar surface area (TPSA) is 104 Å². The molecule has 1 aromatic carbocycles. The van der Waals surface area contributed by atoms with Crippen LogP contribution in [0, 0.1) is 0 Å². The smallest absolute Gasteiger partial charge is 0.344 e. The normalized spacial score (nSPS) is 11.2. The maximum absolute atomic E-state index is 11.7. The van der Waals surface area contributed by atoms with Crippen molar-refractivity contribution in [3.05, 3.63) is 29.8 Å². The van der Waals surface area contributed by atoms with E-state index in [2.05, 4.69) is 0 Å². The summed E-state index contributed by atoms with van der Waals surface area (Å²) < 4.78 is 10.7. The molecule has 1 aromatic rings. The van der Waals surface area contributed by atoms with Crippen LogP contribution in [0.25, 0.3) is 0 Å². The van der Waals surface area contributed by atoms with E-state index in [0.29, 0.717) is 11.3 Å². The summed E-state index contributed by atoms with van der Waals surface area (Å²) >= 11 is 0. The fourth-order valence-electron chi connectivity index (χ4n) is 1.23. The average Bonchev–Trinajstić information content (AvgIpc) is 2.14. The number of rotatable bonds is 3. The second-order valence-corrected chi connectivity index (χ2v) is 5.05. The summed E-state index contributed by atoms with van der Waals surface area (Å²) in [6.45, 7) is 0. The van der Waals surface area contributed by atoms with E-state index >= 15 is 0 Å². The summed E-state index contributed by atoms with van der Waals surface area (Å²) in [5.41, 5.74) is 6.23. The first-order valence-corrected chi connectivity index (χ1v) is 6.25. The largest absolute Gasteiger partial charge is 0.399 e. The van der Waals surface area contributed by atoms with Gasteiger partial charge in [-0.15, -0.1) is 0 Å². The van der Waals surface area contributed by atoms with Crippen LogP contribution in [0.3, 0.4) is 0 Å². The Bertz CT molecular complexity index is 443. The van der Waals surface area contributed by atoms with Crippen molar-refractivity contribution in [2.24, 2.45) is 0 Å². The van der Waals surface area contributed by atoms with E-state index in [1.165, 1.54) is 19.2 Å². The lowest BCUT2D eigenvalue weighted by Gasteiger charge is -2.17. The molecule has 7 heteroatoms. The van der Waals surface area contributed by atoms with Gasteiger partial charge < -0.3 is 20.4 Å². The number of carbonyl (C=O) groups excluding carboxylic acids is 1. The molecule has 0 unspecified atom stereocenters. The van der Waals surface area contributed by atoms with Gasteiger partial charge in [0.1, 0.15) is 6.29 Å². The van der Waals surface area contributed by atoms with Crippen LogP contribution in [-0.4, -0.2) is 33.9 Å². The van der Waals surface area contributed by atoms with Crippen LogP contribution in [0.4, 0.5) is 5.69 Å². The van der Waals surface area contributed by atoms with E-state index in [4.69, 9.17) is 15.5 Å². The maximum Gasteiger partial charge on any atom is 0.344 e. The minimum Gasteiger partial charge on any atom is -0.399 e. The molecule has 0 saturated carbocycles. The Balaban J connectivity index is 2.82. The van der Waals surface area contributed by atoms with E-state index in [1.807, 2.05) is 0 Å². The van der Waals surface area contributed by atoms with Crippen LogP contribution in [0.2, 0.25) is 0 Å². The van der Waals surface area contributed by atoms with E-state index in [0.717, 1.165) is 4.90 Å². The van der Waals surface area contributed by atoms with Gasteiger partial charge >= 0.3 is 7.60 Å². The molecule has 0 aliphatic rings. The molecule has 0 bridgehead atoms. The molecule has 4 N–H and O–H groups in total. The molecule has 0 aliphatic carbocycles. The molecular formula is C9H13N2O4P. The SMILES string of the molecule is CN(CP(=O)(O)O)C(=O)c1cccc(N)c1. The Morgan fingerprint density at radius 2 is 2.12 bits per heavy atom. The summed E-state index contributed by atoms with van der Waals surface area (Å²) in [6.07, 6.45) is -0.610. The van der Waals surface area contributed by atoms with Crippen molar-refractivity contribution >= 4 is 19.2 Å². The van der Waals surface area contributed by atoms with Gasteiger partial charge in [-0.25, -0.2) is 0 Å². The Morgan fingerprint density at radius 1 is 1.50 bits per heavy atom. The van der Waals surface area contributed by atoms with Gasteiger partial charge in [0.25, 0.3) is 5.91 Å². The molecule has 0 heterocycles. The number of benzene rings is 1. The van der Waals surface area contributed by atoms with Gasteiger partial charge in [-0.3, -0.25) is 9.36 Å². The van der Waals surface area contributed by atoms with Crippen molar-refractivity contribution < 1.29 is 19.1 Å².